The fourth-order valence-electron chi connectivity index (χ4n) is 3.24. The maximum Gasteiger partial charge on any atom is 0.318 e. The molecule has 1 amide bonds. The van der Waals surface area contributed by atoms with Gasteiger partial charge in [-0.2, -0.15) is 0 Å². The summed E-state index contributed by atoms with van der Waals surface area (Å²) in [5.41, 5.74) is 1.85. The second kappa shape index (κ2) is 8.52. The number of hydrogen-bond donors (Lipinski definition) is 1. The molecule has 1 saturated heterocycles. The number of rotatable bonds is 6. The third-order valence-electron chi connectivity index (χ3n) is 4.70. The van der Waals surface area contributed by atoms with Crippen LogP contribution in [-0.2, 0) is 4.79 Å². The SMILES string of the molecule is O=C(/C=C/c1ccccc1)N[C@H](c1ccccc1)c1nnc(N2CCCC2)o1. The number of amides is 1. The molecule has 142 valence electrons. The highest BCUT2D eigenvalue weighted by Crippen LogP contribution is 2.25. The van der Waals surface area contributed by atoms with Crippen molar-refractivity contribution in [1.29, 1.82) is 0 Å². The first-order valence-electron chi connectivity index (χ1n) is 9.46. The van der Waals surface area contributed by atoms with Crippen LogP contribution >= 0.6 is 0 Å². The Kier molecular flexibility index (Phi) is 5.47. The molecule has 6 heteroatoms. The van der Waals surface area contributed by atoms with Crippen molar-refractivity contribution in [3.8, 4) is 0 Å². The maximum atomic E-state index is 12.5. The lowest BCUT2D eigenvalue weighted by molar-refractivity contribution is -0.117. The largest absolute Gasteiger partial charge is 0.405 e. The van der Waals surface area contributed by atoms with Crippen LogP contribution in [0, 0.1) is 0 Å². The number of aromatic nitrogens is 2. The lowest BCUT2D eigenvalue weighted by atomic mass is 10.1. The highest BCUT2D eigenvalue weighted by Gasteiger charge is 2.25. The summed E-state index contributed by atoms with van der Waals surface area (Å²) < 4.78 is 5.91. The summed E-state index contributed by atoms with van der Waals surface area (Å²) in [6.07, 6.45) is 5.55. The van der Waals surface area contributed by atoms with Crippen molar-refractivity contribution in [3.63, 3.8) is 0 Å². The molecule has 0 bridgehead atoms. The van der Waals surface area contributed by atoms with Gasteiger partial charge in [0.05, 0.1) is 0 Å². The molecular weight excluding hydrogens is 352 g/mol. The van der Waals surface area contributed by atoms with Crippen LogP contribution in [0.2, 0.25) is 0 Å². The molecule has 4 rings (SSSR count). The highest BCUT2D eigenvalue weighted by atomic mass is 16.4. The molecule has 1 aliphatic rings. The Balaban J connectivity index is 1.54. The average molecular weight is 374 g/mol. The van der Waals surface area contributed by atoms with Crippen LogP contribution in [0.25, 0.3) is 6.08 Å². The lowest BCUT2D eigenvalue weighted by Crippen LogP contribution is -2.28. The quantitative estimate of drug-likeness (QED) is 0.668. The van der Waals surface area contributed by atoms with E-state index in [0.29, 0.717) is 11.9 Å². The predicted octanol–water partition coefficient (Wildman–Crippen LogP) is 3.59. The van der Waals surface area contributed by atoms with Crippen LogP contribution in [0.4, 0.5) is 6.01 Å². The normalized spacial score (nSPS) is 15.1. The van der Waals surface area contributed by atoms with Crippen molar-refractivity contribution in [2.75, 3.05) is 18.0 Å². The van der Waals surface area contributed by atoms with Crippen molar-refractivity contribution < 1.29 is 9.21 Å². The van der Waals surface area contributed by atoms with Gasteiger partial charge in [-0.1, -0.05) is 65.8 Å². The smallest absolute Gasteiger partial charge is 0.318 e. The third-order valence-corrected chi connectivity index (χ3v) is 4.70. The predicted molar refractivity (Wildman–Crippen MR) is 108 cm³/mol. The molecule has 0 aliphatic carbocycles. The van der Waals surface area contributed by atoms with E-state index in [4.69, 9.17) is 4.42 Å². The number of benzene rings is 2. The zero-order chi connectivity index (χ0) is 19.2. The van der Waals surface area contributed by atoms with Gasteiger partial charge < -0.3 is 14.6 Å². The topological polar surface area (TPSA) is 71.3 Å². The van der Waals surface area contributed by atoms with Crippen LogP contribution in [-0.4, -0.2) is 29.2 Å². The van der Waals surface area contributed by atoms with Crippen LogP contribution in [0.1, 0.15) is 35.9 Å². The molecule has 0 spiro atoms. The molecule has 2 aromatic carbocycles. The van der Waals surface area contributed by atoms with Gasteiger partial charge in [0.1, 0.15) is 6.04 Å². The van der Waals surface area contributed by atoms with E-state index in [1.807, 2.05) is 60.7 Å². The van der Waals surface area contributed by atoms with E-state index < -0.39 is 6.04 Å². The minimum Gasteiger partial charge on any atom is -0.405 e. The van der Waals surface area contributed by atoms with Gasteiger partial charge in [0.15, 0.2) is 0 Å². The molecule has 1 aromatic heterocycles. The molecule has 1 fully saturated rings. The van der Waals surface area contributed by atoms with E-state index >= 15 is 0 Å². The summed E-state index contributed by atoms with van der Waals surface area (Å²) in [5.74, 6) is 0.160. The fraction of sp³-hybridized carbons (Fsp3) is 0.227. The summed E-state index contributed by atoms with van der Waals surface area (Å²) >= 11 is 0. The van der Waals surface area contributed by atoms with E-state index in [-0.39, 0.29) is 5.91 Å². The van der Waals surface area contributed by atoms with Crippen molar-refractivity contribution in [3.05, 3.63) is 83.8 Å². The second-order valence-corrected chi connectivity index (χ2v) is 6.71. The second-order valence-electron chi connectivity index (χ2n) is 6.71. The Morgan fingerprint density at radius 2 is 1.68 bits per heavy atom. The van der Waals surface area contributed by atoms with E-state index in [0.717, 1.165) is 37.1 Å². The monoisotopic (exact) mass is 374 g/mol. The van der Waals surface area contributed by atoms with Gasteiger partial charge in [-0.05, 0) is 30.0 Å². The van der Waals surface area contributed by atoms with Gasteiger partial charge in [0.25, 0.3) is 0 Å². The molecular formula is C22H22N4O2. The Morgan fingerprint density at radius 1 is 1.00 bits per heavy atom. The van der Waals surface area contributed by atoms with E-state index in [1.165, 1.54) is 6.08 Å². The first-order chi connectivity index (χ1) is 13.8. The van der Waals surface area contributed by atoms with Gasteiger partial charge in [-0.3, -0.25) is 4.79 Å². The number of nitrogens with zero attached hydrogens (tertiary/aromatic N) is 3. The Hall–Kier alpha value is -3.41. The Labute approximate surface area is 163 Å². The number of carbonyl (C=O) groups is 1. The van der Waals surface area contributed by atoms with Gasteiger partial charge >= 0.3 is 6.01 Å². The van der Waals surface area contributed by atoms with Gasteiger partial charge in [-0.15, -0.1) is 5.10 Å². The standard InChI is InChI=1S/C22H22N4O2/c27-19(14-13-17-9-3-1-4-10-17)23-20(18-11-5-2-6-12-18)21-24-25-22(28-21)26-15-7-8-16-26/h1-6,9-14,20H,7-8,15-16H2,(H,23,27)/b14-13+/t20-/m1/s1. The molecule has 28 heavy (non-hydrogen) atoms. The summed E-state index contributed by atoms with van der Waals surface area (Å²) in [4.78, 5) is 14.6. The van der Waals surface area contributed by atoms with Crippen molar-refractivity contribution >= 4 is 18.0 Å². The summed E-state index contributed by atoms with van der Waals surface area (Å²) in [6.45, 7) is 1.84. The van der Waals surface area contributed by atoms with Gasteiger partial charge in [0.2, 0.25) is 11.8 Å². The zero-order valence-electron chi connectivity index (χ0n) is 15.5. The number of hydrogen-bond acceptors (Lipinski definition) is 5. The number of anilines is 1. The zero-order valence-corrected chi connectivity index (χ0v) is 15.5. The molecule has 1 aliphatic heterocycles. The first kappa shape index (κ1) is 18.0. The molecule has 0 radical (unpaired) electrons. The van der Waals surface area contributed by atoms with Crippen LogP contribution in [0.5, 0.6) is 0 Å². The minimum atomic E-state index is -0.502. The molecule has 0 saturated carbocycles. The van der Waals surface area contributed by atoms with Crippen molar-refractivity contribution in [2.45, 2.75) is 18.9 Å². The number of nitrogens with one attached hydrogen (secondary N) is 1. The molecule has 6 nitrogen and oxygen atoms in total. The molecule has 3 aromatic rings. The summed E-state index contributed by atoms with van der Waals surface area (Å²) in [7, 11) is 0. The van der Waals surface area contributed by atoms with Crippen LogP contribution < -0.4 is 10.2 Å². The first-order valence-corrected chi connectivity index (χ1v) is 9.46. The molecule has 2 heterocycles. The fourth-order valence-corrected chi connectivity index (χ4v) is 3.24. The Bertz CT molecular complexity index is 931. The summed E-state index contributed by atoms with van der Waals surface area (Å²) in [6, 6.07) is 19.4. The highest BCUT2D eigenvalue weighted by molar-refractivity contribution is 5.92. The lowest BCUT2D eigenvalue weighted by Gasteiger charge is -2.15. The van der Waals surface area contributed by atoms with Crippen LogP contribution in [0.15, 0.2) is 71.2 Å². The van der Waals surface area contributed by atoms with E-state index in [1.54, 1.807) is 6.08 Å². The van der Waals surface area contributed by atoms with Gasteiger partial charge in [0, 0.05) is 19.2 Å². The average Bonchev–Trinajstić information content (AvgIpc) is 3.44. The number of carbonyl (C=O) groups excluding carboxylic acids is 1. The van der Waals surface area contributed by atoms with Crippen molar-refractivity contribution in [2.24, 2.45) is 0 Å². The van der Waals surface area contributed by atoms with Crippen molar-refractivity contribution in [1.82, 2.24) is 15.5 Å². The van der Waals surface area contributed by atoms with E-state index in [2.05, 4.69) is 20.4 Å². The van der Waals surface area contributed by atoms with Gasteiger partial charge in [-0.25, -0.2) is 0 Å². The maximum absolute atomic E-state index is 12.5. The molecule has 1 N–H and O–H groups in total. The minimum absolute atomic E-state index is 0.223. The van der Waals surface area contributed by atoms with Crippen LogP contribution in [0.3, 0.4) is 0 Å². The Morgan fingerprint density at radius 3 is 2.39 bits per heavy atom. The molecule has 1 atom stereocenters. The third kappa shape index (κ3) is 4.28. The van der Waals surface area contributed by atoms with E-state index in [9.17, 15) is 4.79 Å². The summed E-state index contributed by atoms with van der Waals surface area (Å²) in [5, 5.41) is 11.4. The molecule has 0 unspecified atom stereocenters.